The van der Waals surface area contributed by atoms with Crippen LogP contribution in [0.4, 0.5) is 0 Å². The summed E-state index contributed by atoms with van der Waals surface area (Å²) in [4.78, 5) is 5.70. The van der Waals surface area contributed by atoms with Crippen molar-refractivity contribution >= 4 is 11.3 Å². The highest BCUT2D eigenvalue weighted by Crippen LogP contribution is 2.23. The van der Waals surface area contributed by atoms with E-state index in [0.717, 1.165) is 22.7 Å². The van der Waals surface area contributed by atoms with Crippen LogP contribution in [-0.2, 0) is 12.8 Å². The van der Waals surface area contributed by atoms with Crippen molar-refractivity contribution in [1.29, 1.82) is 0 Å². The largest absolute Gasteiger partial charge is 0.388 e. The molecule has 1 N–H and O–H groups in total. The van der Waals surface area contributed by atoms with Crippen LogP contribution in [0.2, 0.25) is 0 Å². The van der Waals surface area contributed by atoms with Crippen LogP contribution in [0.5, 0.6) is 0 Å². The maximum atomic E-state index is 10.2. The van der Waals surface area contributed by atoms with Crippen molar-refractivity contribution in [3.05, 3.63) is 51.0 Å². The molecule has 1 unspecified atom stereocenters. The lowest BCUT2D eigenvalue weighted by Gasteiger charge is -2.09. The molecule has 0 bridgehead atoms. The molecule has 0 aliphatic rings. The SMILES string of the molecule is CCc1ccc(C(O)Cc2nc(C)c(C)s2)cc1. The molecule has 1 heterocycles. The van der Waals surface area contributed by atoms with Gasteiger partial charge in [0.15, 0.2) is 0 Å². The van der Waals surface area contributed by atoms with Gasteiger partial charge in [-0.05, 0) is 31.4 Å². The van der Waals surface area contributed by atoms with Gasteiger partial charge in [-0.2, -0.15) is 0 Å². The van der Waals surface area contributed by atoms with E-state index in [1.807, 2.05) is 19.1 Å². The van der Waals surface area contributed by atoms with Crippen molar-refractivity contribution in [2.45, 2.75) is 39.7 Å². The molecular formula is C15H19NOS. The summed E-state index contributed by atoms with van der Waals surface area (Å²) in [6, 6.07) is 8.18. The van der Waals surface area contributed by atoms with Crippen molar-refractivity contribution < 1.29 is 5.11 Å². The molecule has 0 saturated heterocycles. The van der Waals surface area contributed by atoms with Crippen molar-refractivity contribution in [3.8, 4) is 0 Å². The molecule has 0 amide bonds. The molecule has 0 fully saturated rings. The lowest BCUT2D eigenvalue weighted by molar-refractivity contribution is 0.178. The first kappa shape index (κ1) is 13.2. The fourth-order valence-corrected chi connectivity index (χ4v) is 2.86. The molecule has 1 aromatic heterocycles. The van der Waals surface area contributed by atoms with Crippen LogP contribution in [0.15, 0.2) is 24.3 Å². The Morgan fingerprint density at radius 3 is 2.39 bits per heavy atom. The fourth-order valence-electron chi connectivity index (χ4n) is 1.89. The number of aryl methyl sites for hydroxylation is 3. The second-order valence-corrected chi connectivity index (χ2v) is 5.85. The quantitative estimate of drug-likeness (QED) is 0.912. The summed E-state index contributed by atoms with van der Waals surface area (Å²) >= 11 is 1.67. The summed E-state index contributed by atoms with van der Waals surface area (Å²) in [5.74, 6) is 0. The van der Waals surface area contributed by atoms with Crippen LogP contribution in [0.1, 0.15) is 39.7 Å². The molecule has 3 heteroatoms. The average molecular weight is 261 g/mol. The Morgan fingerprint density at radius 2 is 1.89 bits per heavy atom. The van der Waals surface area contributed by atoms with Gasteiger partial charge in [0.25, 0.3) is 0 Å². The van der Waals surface area contributed by atoms with Crippen molar-refractivity contribution in [2.75, 3.05) is 0 Å². The highest BCUT2D eigenvalue weighted by atomic mass is 32.1. The van der Waals surface area contributed by atoms with Gasteiger partial charge < -0.3 is 5.11 Å². The summed E-state index contributed by atoms with van der Waals surface area (Å²) in [6.07, 6.45) is 1.17. The Morgan fingerprint density at radius 1 is 1.22 bits per heavy atom. The second kappa shape index (κ2) is 5.63. The normalized spacial score (nSPS) is 12.7. The van der Waals surface area contributed by atoms with E-state index in [9.17, 15) is 5.11 Å². The van der Waals surface area contributed by atoms with Gasteiger partial charge in [-0.3, -0.25) is 0 Å². The van der Waals surface area contributed by atoms with E-state index in [1.165, 1.54) is 10.4 Å². The molecule has 1 aromatic carbocycles. The maximum Gasteiger partial charge on any atom is 0.0960 e. The number of aliphatic hydroxyl groups excluding tert-OH is 1. The highest BCUT2D eigenvalue weighted by Gasteiger charge is 2.12. The zero-order valence-corrected chi connectivity index (χ0v) is 11.9. The first-order chi connectivity index (χ1) is 8.60. The molecular weight excluding hydrogens is 242 g/mol. The predicted molar refractivity (Wildman–Crippen MR) is 76.1 cm³/mol. The smallest absolute Gasteiger partial charge is 0.0960 e. The van der Waals surface area contributed by atoms with Gasteiger partial charge in [0, 0.05) is 11.3 Å². The molecule has 1 atom stereocenters. The van der Waals surface area contributed by atoms with E-state index in [0.29, 0.717) is 6.42 Å². The minimum absolute atomic E-state index is 0.458. The van der Waals surface area contributed by atoms with E-state index in [2.05, 4.69) is 31.0 Å². The van der Waals surface area contributed by atoms with Crippen LogP contribution in [-0.4, -0.2) is 10.1 Å². The number of rotatable bonds is 4. The molecule has 0 spiro atoms. The number of thiazole rings is 1. The third-order valence-corrected chi connectivity index (χ3v) is 4.31. The summed E-state index contributed by atoms with van der Waals surface area (Å²) < 4.78 is 0. The molecule has 0 radical (unpaired) electrons. The number of aromatic nitrogens is 1. The number of hydrogen-bond acceptors (Lipinski definition) is 3. The summed E-state index contributed by atoms with van der Waals surface area (Å²) in [7, 11) is 0. The standard InChI is InChI=1S/C15H19NOS/c1-4-12-5-7-13(8-6-12)14(17)9-15-16-10(2)11(3)18-15/h5-8,14,17H,4,9H2,1-3H3. The van der Waals surface area contributed by atoms with Crippen LogP contribution < -0.4 is 0 Å². The minimum Gasteiger partial charge on any atom is -0.388 e. The molecule has 0 saturated carbocycles. The van der Waals surface area contributed by atoms with Gasteiger partial charge in [-0.1, -0.05) is 31.2 Å². The third kappa shape index (κ3) is 2.98. The monoisotopic (exact) mass is 261 g/mol. The van der Waals surface area contributed by atoms with Crippen LogP contribution in [0, 0.1) is 13.8 Å². The lowest BCUT2D eigenvalue weighted by Crippen LogP contribution is -2.01. The van der Waals surface area contributed by atoms with E-state index in [-0.39, 0.29) is 0 Å². The van der Waals surface area contributed by atoms with Gasteiger partial charge in [0.2, 0.25) is 0 Å². The summed E-state index contributed by atoms with van der Waals surface area (Å²) in [5, 5.41) is 11.2. The van der Waals surface area contributed by atoms with E-state index in [1.54, 1.807) is 11.3 Å². The van der Waals surface area contributed by atoms with Gasteiger partial charge in [0.1, 0.15) is 0 Å². The van der Waals surface area contributed by atoms with Gasteiger partial charge >= 0.3 is 0 Å². The Bertz CT molecular complexity index is 496. The fraction of sp³-hybridized carbons (Fsp3) is 0.400. The zero-order chi connectivity index (χ0) is 13.1. The van der Waals surface area contributed by atoms with Crippen LogP contribution >= 0.6 is 11.3 Å². The van der Waals surface area contributed by atoms with E-state index < -0.39 is 6.10 Å². The first-order valence-corrected chi connectivity index (χ1v) is 7.11. The van der Waals surface area contributed by atoms with Gasteiger partial charge in [-0.25, -0.2) is 4.98 Å². The van der Waals surface area contributed by atoms with Crippen molar-refractivity contribution in [1.82, 2.24) is 4.98 Å². The Hall–Kier alpha value is -1.19. The topological polar surface area (TPSA) is 33.1 Å². The number of hydrogen-bond donors (Lipinski definition) is 1. The summed E-state index contributed by atoms with van der Waals surface area (Å²) in [6.45, 7) is 6.21. The van der Waals surface area contributed by atoms with Crippen molar-refractivity contribution in [3.63, 3.8) is 0 Å². The Balaban J connectivity index is 2.08. The number of nitrogens with zero attached hydrogens (tertiary/aromatic N) is 1. The Kier molecular flexibility index (Phi) is 4.15. The lowest BCUT2D eigenvalue weighted by atomic mass is 10.0. The molecule has 96 valence electrons. The van der Waals surface area contributed by atoms with E-state index in [4.69, 9.17) is 0 Å². The van der Waals surface area contributed by atoms with E-state index >= 15 is 0 Å². The first-order valence-electron chi connectivity index (χ1n) is 6.30. The minimum atomic E-state index is -0.458. The van der Waals surface area contributed by atoms with Crippen molar-refractivity contribution in [2.24, 2.45) is 0 Å². The number of aliphatic hydroxyl groups is 1. The van der Waals surface area contributed by atoms with Crippen LogP contribution in [0.25, 0.3) is 0 Å². The second-order valence-electron chi connectivity index (χ2n) is 4.56. The van der Waals surface area contributed by atoms with Gasteiger partial charge in [0.05, 0.1) is 16.8 Å². The Labute approximate surface area is 112 Å². The third-order valence-electron chi connectivity index (χ3n) is 3.21. The molecule has 0 aliphatic heterocycles. The predicted octanol–water partition coefficient (Wildman–Crippen LogP) is 3.60. The maximum absolute atomic E-state index is 10.2. The summed E-state index contributed by atoms with van der Waals surface area (Å²) in [5.41, 5.74) is 3.34. The molecule has 18 heavy (non-hydrogen) atoms. The zero-order valence-electron chi connectivity index (χ0n) is 11.1. The van der Waals surface area contributed by atoms with Crippen LogP contribution in [0.3, 0.4) is 0 Å². The highest BCUT2D eigenvalue weighted by molar-refractivity contribution is 7.11. The number of benzene rings is 1. The molecule has 2 nitrogen and oxygen atoms in total. The molecule has 0 aliphatic carbocycles. The molecule has 2 aromatic rings. The average Bonchev–Trinajstić information content (AvgIpc) is 2.68. The molecule has 2 rings (SSSR count). The van der Waals surface area contributed by atoms with Gasteiger partial charge in [-0.15, -0.1) is 11.3 Å².